The molecule has 0 radical (unpaired) electrons. The molecule has 2 nitrogen and oxygen atoms in total. The van der Waals surface area contributed by atoms with Gasteiger partial charge in [-0.15, -0.1) is 0 Å². The summed E-state index contributed by atoms with van der Waals surface area (Å²) in [5.41, 5.74) is 6.24. The van der Waals surface area contributed by atoms with Gasteiger partial charge in [-0.25, -0.2) is 0 Å². The molecular weight excluding hydrogens is 232 g/mol. The van der Waals surface area contributed by atoms with Gasteiger partial charge in [0.25, 0.3) is 0 Å². The molecule has 3 N–H and O–H groups in total. The van der Waals surface area contributed by atoms with E-state index >= 15 is 0 Å². The minimum Gasteiger partial charge on any atom is -0.271 e. The van der Waals surface area contributed by atoms with Gasteiger partial charge < -0.3 is 0 Å². The van der Waals surface area contributed by atoms with E-state index in [1.807, 2.05) is 0 Å². The predicted molar refractivity (Wildman–Crippen MR) is 81.9 cm³/mol. The molecule has 1 aliphatic carbocycles. The van der Waals surface area contributed by atoms with Crippen LogP contribution in [0.5, 0.6) is 0 Å². The molecule has 0 heterocycles. The highest BCUT2D eigenvalue weighted by Crippen LogP contribution is 2.41. The molecule has 0 bridgehead atoms. The van der Waals surface area contributed by atoms with Crippen LogP contribution in [-0.2, 0) is 6.42 Å². The SMILES string of the molecule is CC(C)c1ccc(CC(NN)C2(C)CCCC2)cc1. The summed E-state index contributed by atoms with van der Waals surface area (Å²) in [5.74, 6) is 6.42. The average Bonchev–Trinajstić information content (AvgIpc) is 2.84. The molecule has 0 amide bonds. The Morgan fingerprint density at radius 2 is 1.74 bits per heavy atom. The highest BCUT2D eigenvalue weighted by Gasteiger charge is 2.36. The fraction of sp³-hybridized carbons (Fsp3) is 0.647. The zero-order valence-electron chi connectivity index (χ0n) is 12.6. The molecule has 0 aliphatic heterocycles. The van der Waals surface area contributed by atoms with Crippen LogP contribution in [0.15, 0.2) is 24.3 Å². The van der Waals surface area contributed by atoms with Crippen LogP contribution < -0.4 is 11.3 Å². The van der Waals surface area contributed by atoms with E-state index in [2.05, 4.69) is 50.5 Å². The van der Waals surface area contributed by atoms with Crippen LogP contribution in [-0.4, -0.2) is 6.04 Å². The quantitative estimate of drug-likeness (QED) is 0.625. The molecular formula is C17H28N2. The van der Waals surface area contributed by atoms with Crippen molar-refractivity contribution in [2.24, 2.45) is 11.3 Å². The molecule has 106 valence electrons. The van der Waals surface area contributed by atoms with E-state index in [0.717, 1.165) is 6.42 Å². The Hall–Kier alpha value is -0.860. The number of rotatable bonds is 5. The Balaban J connectivity index is 2.05. The molecule has 1 unspecified atom stereocenters. The Bertz CT molecular complexity index is 388. The number of nitrogens with two attached hydrogens (primary N) is 1. The third-order valence-electron chi connectivity index (χ3n) is 4.87. The zero-order valence-corrected chi connectivity index (χ0v) is 12.6. The molecule has 1 aromatic rings. The van der Waals surface area contributed by atoms with Gasteiger partial charge >= 0.3 is 0 Å². The van der Waals surface area contributed by atoms with Crippen LogP contribution in [0, 0.1) is 5.41 Å². The summed E-state index contributed by atoms with van der Waals surface area (Å²) >= 11 is 0. The predicted octanol–water partition coefficient (Wildman–Crippen LogP) is 3.76. The first kappa shape index (κ1) is 14.5. The van der Waals surface area contributed by atoms with Crippen molar-refractivity contribution in [3.63, 3.8) is 0 Å². The van der Waals surface area contributed by atoms with E-state index in [4.69, 9.17) is 5.84 Å². The fourth-order valence-electron chi connectivity index (χ4n) is 3.31. The lowest BCUT2D eigenvalue weighted by Crippen LogP contribution is -2.47. The third kappa shape index (κ3) is 3.37. The van der Waals surface area contributed by atoms with Crippen molar-refractivity contribution in [1.29, 1.82) is 0 Å². The molecule has 1 fully saturated rings. The van der Waals surface area contributed by atoms with Gasteiger partial charge in [0.05, 0.1) is 0 Å². The van der Waals surface area contributed by atoms with Gasteiger partial charge in [0, 0.05) is 6.04 Å². The molecule has 0 spiro atoms. The number of hydrogen-bond acceptors (Lipinski definition) is 2. The van der Waals surface area contributed by atoms with Gasteiger partial charge in [-0.1, -0.05) is 57.9 Å². The van der Waals surface area contributed by atoms with E-state index in [0.29, 0.717) is 17.4 Å². The van der Waals surface area contributed by atoms with Crippen molar-refractivity contribution in [1.82, 2.24) is 5.43 Å². The van der Waals surface area contributed by atoms with Gasteiger partial charge in [-0.2, -0.15) is 0 Å². The van der Waals surface area contributed by atoms with Gasteiger partial charge in [0.15, 0.2) is 0 Å². The highest BCUT2D eigenvalue weighted by molar-refractivity contribution is 5.25. The molecule has 2 heteroatoms. The first-order valence-corrected chi connectivity index (χ1v) is 7.60. The summed E-state index contributed by atoms with van der Waals surface area (Å²) in [6, 6.07) is 9.42. The minimum atomic E-state index is 0.367. The summed E-state index contributed by atoms with van der Waals surface area (Å²) in [5, 5.41) is 0. The Morgan fingerprint density at radius 3 is 2.21 bits per heavy atom. The van der Waals surface area contributed by atoms with Crippen molar-refractivity contribution < 1.29 is 0 Å². The molecule has 1 aliphatic rings. The van der Waals surface area contributed by atoms with E-state index in [1.54, 1.807) is 0 Å². The van der Waals surface area contributed by atoms with Crippen LogP contribution in [0.4, 0.5) is 0 Å². The second kappa shape index (κ2) is 6.06. The summed E-state index contributed by atoms with van der Waals surface area (Å²) in [7, 11) is 0. The van der Waals surface area contributed by atoms with Crippen molar-refractivity contribution in [2.75, 3.05) is 0 Å². The first-order valence-electron chi connectivity index (χ1n) is 7.60. The number of nitrogens with one attached hydrogen (secondary N) is 1. The molecule has 1 saturated carbocycles. The standard InChI is InChI=1S/C17H28N2/c1-13(2)15-8-6-14(7-9-15)12-16(19-18)17(3)10-4-5-11-17/h6-9,13,16,19H,4-5,10-12,18H2,1-3H3. The van der Waals surface area contributed by atoms with E-state index < -0.39 is 0 Å². The molecule has 1 aromatic carbocycles. The third-order valence-corrected chi connectivity index (χ3v) is 4.87. The van der Waals surface area contributed by atoms with E-state index in [-0.39, 0.29) is 0 Å². The van der Waals surface area contributed by atoms with Crippen LogP contribution in [0.3, 0.4) is 0 Å². The van der Waals surface area contributed by atoms with E-state index in [1.165, 1.54) is 36.8 Å². The molecule has 0 saturated heterocycles. The fourth-order valence-corrected chi connectivity index (χ4v) is 3.31. The summed E-state index contributed by atoms with van der Waals surface area (Å²) in [6.07, 6.45) is 6.32. The lowest BCUT2D eigenvalue weighted by Gasteiger charge is -2.33. The van der Waals surface area contributed by atoms with Crippen LogP contribution in [0.2, 0.25) is 0 Å². The van der Waals surface area contributed by atoms with Gasteiger partial charge in [-0.05, 0) is 41.7 Å². The van der Waals surface area contributed by atoms with Crippen molar-refractivity contribution in [3.8, 4) is 0 Å². The van der Waals surface area contributed by atoms with Crippen molar-refractivity contribution in [2.45, 2.75) is 64.8 Å². The smallest absolute Gasteiger partial charge is 0.0304 e. The second-order valence-corrected chi connectivity index (χ2v) is 6.68. The van der Waals surface area contributed by atoms with Crippen molar-refractivity contribution >= 4 is 0 Å². The summed E-state index contributed by atoms with van der Waals surface area (Å²) < 4.78 is 0. The highest BCUT2D eigenvalue weighted by atomic mass is 15.2. The van der Waals surface area contributed by atoms with Gasteiger partial charge in [0.2, 0.25) is 0 Å². The molecule has 0 aromatic heterocycles. The minimum absolute atomic E-state index is 0.367. The first-order chi connectivity index (χ1) is 9.05. The van der Waals surface area contributed by atoms with Crippen LogP contribution in [0.25, 0.3) is 0 Å². The topological polar surface area (TPSA) is 38.0 Å². The second-order valence-electron chi connectivity index (χ2n) is 6.68. The normalized spacial score (nSPS) is 19.8. The largest absolute Gasteiger partial charge is 0.271 e. The average molecular weight is 260 g/mol. The summed E-state index contributed by atoms with van der Waals surface area (Å²) in [4.78, 5) is 0. The number of benzene rings is 1. The lowest BCUT2D eigenvalue weighted by atomic mass is 9.78. The maximum Gasteiger partial charge on any atom is 0.0304 e. The maximum absolute atomic E-state index is 5.81. The molecule has 19 heavy (non-hydrogen) atoms. The number of hydrogen-bond donors (Lipinski definition) is 2. The Morgan fingerprint density at radius 1 is 1.16 bits per heavy atom. The van der Waals surface area contributed by atoms with E-state index in [9.17, 15) is 0 Å². The number of hydrazine groups is 1. The molecule has 1 atom stereocenters. The van der Waals surface area contributed by atoms with Gasteiger partial charge in [-0.3, -0.25) is 11.3 Å². The maximum atomic E-state index is 5.81. The summed E-state index contributed by atoms with van der Waals surface area (Å²) in [6.45, 7) is 6.85. The van der Waals surface area contributed by atoms with Crippen molar-refractivity contribution in [3.05, 3.63) is 35.4 Å². The Kier molecular flexibility index (Phi) is 4.64. The monoisotopic (exact) mass is 260 g/mol. The van der Waals surface area contributed by atoms with Crippen LogP contribution >= 0.6 is 0 Å². The Labute approximate surface area is 117 Å². The zero-order chi connectivity index (χ0) is 13.9. The van der Waals surface area contributed by atoms with Gasteiger partial charge in [0.1, 0.15) is 0 Å². The molecule has 2 rings (SSSR count). The lowest BCUT2D eigenvalue weighted by molar-refractivity contribution is 0.221. The van der Waals surface area contributed by atoms with Crippen LogP contribution in [0.1, 0.15) is 63.5 Å².